The van der Waals surface area contributed by atoms with Crippen LogP contribution in [-0.4, -0.2) is 13.3 Å². The third-order valence-electron chi connectivity index (χ3n) is 1.09. The lowest BCUT2D eigenvalue weighted by Gasteiger charge is -1.87. The summed E-state index contributed by atoms with van der Waals surface area (Å²) in [7, 11) is 1.79. The number of hydrogen-bond donors (Lipinski definition) is 0. The Hall–Kier alpha value is -0.590. The smallest absolute Gasteiger partial charge is 0.0277 e. The molecular formula is C8H15N. The third-order valence-corrected chi connectivity index (χ3v) is 1.09. The molecule has 0 atom stereocenters. The summed E-state index contributed by atoms with van der Waals surface area (Å²) in [6.45, 7) is 4.25. The van der Waals surface area contributed by atoms with Crippen molar-refractivity contribution in [3.05, 3.63) is 11.6 Å². The maximum absolute atomic E-state index is 3.90. The zero-order valence-electron chi connectivity index (χ0n) is 6.52. The molecule has 0 heterocycles. The SMILES string of the molecule is CCC/C=C(/C)C=NC. The highest BCUT2D eigenvalue weighted by Gasteiger charge is 1.78. The summed E-state index contributed by atoms with van der Waals surface area (Å²) >= 11 is 0. The highest BCUT2D eigenvalue weighted by atomic mass is 14.6. The Kier molecular flexibility index (Phi) is 5.18. The summed E-state index contributed by atoms with van der Waals surface area (Å²) in [5.41, 5.74) is 1.26. The lowest BCUT2D eigenvalue weighted by molar-refractivity contribution is 0.954. The zero-order chi connectivity index (χ0) is 7.11. The summed E-state index contributed by atoms with van der Waals surface area (Å²) in [5, 5.41) is 0. The first-order valence-electron chi connectivity index (χ1n) is 3.40. The second-order valence-corrected chi connectivity index (χ2v) is 2.12. The summed E-state index contributed by atoms with van der Waals surface area (Å²) in [6.07, 6.45) is 6.47. The van der Waals surface area contributed by atoms with Gasteiger partial charge in [-0.3, -0.25) is 4.99 Å². The lowest BCUT2D eigenvalue weighted by Crippen LogP contribution is -1.76. The fourth-order valence-electron chi connectivity index (χ4n) is 0.628. The highest BCUT2D eigenvalue weighted by Crippen LogP contribution is 1.94. The first-order valence-corrected chi connectivity index (χ1v) is 3.40. The predicted octanol–water partition coefficient (Wildman–Crippen LogP) is 2.43. The van der Waals surface area contributed by atoms with Crippen LogP contribution in [-0.2, 0) is 0 Å². The predicted molar refractivity (Wildman–Crippen MR) is 43.1 cm³/mol. The fraction of sp³-hybridized carbons (Fsp3) is 0.625. The van der Waals surface area contributed by atoms with E-state index >= 15 is 0 Å². The lowest BCUT2D eigenvalue weighted by atomic mass is 10.2. The van der Waals surface area contributed by atoms with E-state index in [0.29, 0.717) is 0 Å². The van der Waals surface area contributed by atoms with Gasteiger partial charge in [-0.2, -0.15) is 0 Å². The first kappa shape index (κ1) is 8.41. The van der Waals surface area contributed by atoms with Crippen LogP contribution >= 0.6 is 0 Å². The maximum Gasteiger partial charge on any atom is 0.0277 e. The topological polar surface area (TPSA) is 12.4 Å². The Morgan fingerprint density at radius 1 is 1.56 bits per heavy atom. The van der Waals surface area contributed by atoms with E-state index in [2.05, 4.69) is 24.9 Å². The van der Waals surface area contributed by atoms with E-state index < -0.39 is 0 Å². The third kappa shape index (κ3) is 5.28. The molecule has 1 nitrogen and oxygen atoms in total. The van der Waals surface area contributed by atoms with Crippen molar-refractivity contribution < 1.29 is 0 Å². The van der Waals surface area contributed by atoms with Gasteiger partial charge >= 0.3 is 0 Å². The fourth-order valence-corrected chi connectivity index (χ4v) is 0.628. The average molecular weight is 125 g/mol. The van der Waals surface area contributed by atoms with Gasteiger partial charge in [0.25, 0.3) is 0 Å². The van der Waals surface area contributed by atoms with Crippen LogP contribution in [0.15, 0.2) is 16.6 Å². The molecule has 0 amide bonds. The number of hydrogen-bond acceptors (Lipinski definition) is 1. The summed E-state index contributed by atoms with van der Waals surface area (Å²) < 4.78 is 0. The molecule has 0 radical (unpaired) electrons. The molecule has 0 fully saturated rings. The Bertz CT molecular complexity index is 112. The van der Waals surface area contributed by atoms with Gasteiger partial charge in [0.2, 0.25) is 0 Å². The molecule has 0 unspecified atom stereocenters. The molecule has 0 saturated carbocycles. The van der Waals surface area contributed by atoms with Crippen molar-refractivity contribution in [2.45, 2.75) is 26.7 Å². The van der Waals surface area contributed by atoms with Crippen LogP contribution in [0.2, 0.25) is 0 Å². The van der Waals surface area contributed by atoms with Crippen molar-refractivity contribution in [1.29, 1.82) is 0 Å². The van der Waals surface area contributed by atoms with Crippen molar-refractivity contribution in [3.63, 3.8) is 0 Å². The summed E-state index contributed by atoms with van der Waals surface area (Å²) in [4.78, 5) is 3.90. The minimum atomic E-state index is 1.16. The first-order chi connectivity index (χ1) is 4.31. The normalized spacial score (nSPS) is 13.0. The standard InChI is InChI=1S/C8H15N/c1-4-5-6-8(2)7-9-3/h6-7H,4-5H2,1-3H3/b8-6-,9-7?. The molecular weight excluding hydrogens is 110 g/mol. The molecule has 0 aliphatic heterocycles. The van der Waals surface area contributed by atoms with Crippen LogP contribution in [0.5, 0.6) is 0 Å². The van der Waals surface area contributed by atoms with E-state index in [-0.39, 0.29) is 0 Å². The number of nitrogens with zero attached hydrogens (tertiary/aromatic N) is 1. The molecule has 0 N–H and O–H groups in total. The van der Waals surface area contributed by atoms with Crippen molar-refractivity contribution in [3.8, 4) is 0 Å². The molecule has 0 aliphatic rings. The average Bonchev–Trinajstić information content (AvgIpc) is 1.85. The molecule has 0 aromatic carbocycles. The number of allylic oxidation sites excluding steroid dienone is 2. The Labute approximate surface area is 57.5 Å². The van der Waals surface area contributed by atoms with E-state index in [9.17, 15) is 0 Å². The van der Waals surface area contributed by atoms with Gasteiger partial charge in [0.05, 0.1) is 0 Å². The number of unbranched alkanes of at least 4 members (excludes halogenated alkanes) is 1. The quantitative estimate of drug-likeness (QED) is 0.514. The molecule has 0 aromatic rings. The molecule has 52 valence electrons. The zero-order valence-corrected chi connectivity index (χ0v) is 6.52. The van der Waals surface area contributed by atoms with E-state index in [1.165, 1.54) is 12.0 Å². The van der Waals surface area contributed by atoms with Gasteiger partial charge < -0.3 is 0 Å². The largest absolute Gasteiger partial charge is 0.296 e. The molecule has 0 aromatic heterocycles. The van der Waals surface area contributed by atoms with Crippen LogP contribution in [0.25, 0.3) is 0 Å². The van der Waals surface area contributed by atoms with Crippen molar-refractivity contribution >= 4 is 6.21 Å². The Morgan fingerprint density at radius 2 is 2.22 bits per heavy atom. The second kappa shape index (κ2) is 5.54. The van der Waals surface area contributed by atoms with E-state index in [1.54, 1.807) is 7.05 Å². The Morgan fingerprint density at radius 3 is 2.67 bits per heavy atom. The van der Waals surface area contributed by atoms with Gasteiger partial charge in [-0.1, -0.05) is 19.4 Å². The van der Waals surface area contributed by atoms with Crippen molar-refractivity contribution in [1.82, 2.24) is 0 Å². The second-order valence-electron chi connectivity index (χ2n) is 2.12. The van der Waals surface area contributed by atoms with Crippen LogP contribution in [0, 0.1) is 0 Å². The molecule has 0 bridgehead atoms. The van der Waals surface area contributed by atoms with Gasteiger partial charge in [0, 0.05) is 13.3 Å². The van der Waals surface area contributed by atoms with Gasteiger partial charge in [0.15, 0.2) is 0 Å². The minimum absolute atomic E-state index is 1.16. The summed E-state index contributed by atoms with van der Waals surface area (Å²) in [5.74, 6) is 0. The van der Waals surface area contributed by atoms with Crippen molar-refractivity contribution in [2.24, 2.45) is 4.99 Å². The molecule has 0 spiro atoms. The van der Waals surface area contributed by atoms with Crippen LogP contribution in [0.3, 0.4) is 0 Å². The minimum Gasteiger partial charge on any atom is -0.296 e. The summed E-state index contributed by atoms with van der Waals surface area (Å²) in [6, 6.07) is 0. The molecule has 0 saturated heterocycles. The van der Waals surface area contributed by atoms with Gasteiger partial charge in [0.1, 0.15) is 0 Å². The van der Waals surface area contributed by atoms with Crippen LogP contribution in [0.4, 0.5) is 0 Å². The highest BCUT2D eigenvalue weighted by molar-refractivity contribution is 5.77. The molecule has 0 rings (SSSR count). The number of rotatable bonds is 3. The maximum atomic E-state index is 3.90. The molecule has 1 heteroatoms. The van der Waals surface area contributed by atoms with Gasteiger partial charge in [-0.05, 0) is 18.9 Å². The van der Waals surface area contributed by atoms with Crippen molar-refractivity contribution in [2.75, 3.05) is 7.05 Å². The number of aliphatic imine (C=N–C) groups is 1. The van der Waals surface area contributed by atoms with Gasteiger partial charge in [-0.25, -0.2) is 0 Å². The van der Waals surface area contributed by atoms with Gasteiger partial charge in [-0.15, -0.1) is 0 Å². The van der Waals surface area contributed by atoms with Crippen LogP contribution in [0.1, 0.15) is 26.7 Å². The van der Waals surface area contributed by atoms with Crippen LogP contribution < -0.4 is 0 Å². The van der Waals surface area contributed by atoms with E-state index in [4.69, 9.17) is 0 Å². The molecule has 0 aliphatic carbocycles. The monoisotopic (exact) mass is 125 g/mol. The Balaban J connectivity index is 3.55. The molecule has 9 heavy (non-hydrogen) atoms. The van der Waals surface area contributed by atoms with E-state index in [1.807, 2.05) is 6.21 Å². The van der Waals surface area contributed by atoms with E-state index in [0.717, 1.165) is 6.42 Å².